The number of aliphatic hydroxyl groups excluding tert-OH is 3. The summed E-state index contributed by atoms with van der Waals surface area (Å²) in [7, 11) is 0. The van der Waals surface area contributed by atoms with Gasteiger partial charge in [-0.1, -0.05) is 115 Å². The predicted molar refractivity (Wildman–Crippen MR) is 430 cm³/mol. The molecular weight excluding hydrogens is 1550 g/mol. The summed E-state index contributed by atoms with van der Waals surface area (Å²) < 4.78 is 22.6. The zero-order valence-corrected chi connectivity index (χ0v) is 65.6. The summed E-state index contributed by atoms with van der Waals surface area (Å²) in [5.74, 6) is -3.35. The number of oxazole rings is 1. The lowest BCUT2D eigenvalue weighted by Crippen LogP contribution is -2.36. The monoisotopic (exact) mass is 1640 g/mol. The summed E-state index contributed by atoms with van der Waals surface area (Å²) >= 11 is 4.88. The highest BCUT2D eigenvalue weighted by molar-refractivity contribution is 8.01. The second-order valence-corrected chi connectivity index (χ2v) is 32.9. The molecule has 10 aromatic rings. The zero-order chi connectivity index (χ0) is 80.7. The smallest absolute Gasteiger partial charge is 0.394 e. The van der Waals surface area contributed by atoms with E-state index in [1.165, 1.54) is 41.7 Å². The molecule has 5 fully saturated rings. The molecule has 1 saturated carbocycles. The summed E-state index contributed by atoms with van der Waals surface area (Å²) in [6.07, 6.45) is 13.7. The van der Waals surface area contributed by atoms with Gasteiger partial charge in [0.1, 0.15) is 30.8 Å². The van der Waals surface area contributed by atoms with Gasteiger partial charge in [0.2, 0.25) is 29.4 Å². The molecule has 6 aromatic carbocycles. The van der Waals surface area contributed by atoms with Crippen LogP contribution in [0.3, 0.4) is 0 Å². The summed E-state index contributed by atoms with van der Waals surface area (Å²) in [6.45, 7) is 1.64. The second-order valence-electron chi connectivity index (χ2n) is 28.3. The first-order valence-corrected chi connectivity index (χ1v) is 41.1. The highest BCUT2D eigenvalue weighted by atomic mass is 32.2. The molecule has 27 nitrogen and oxygen atoms in total. The van der Waals surface area contributed by atoms with Gasteiger partial charge in [-0.3, -0.25) is 19.2 Å². The molecular formula is C84H84N8O19S4. The number of aromatic carboxylic acids is 4. The molecule has 0 bridgehead atoms. The molecule has 2 unspecified atom stereocenters. The number of carbonyl (C=O) groups is 8. The van der Waals surface area contributed by atoms with Gasteiger partial charge in [0.15, 0.2) is 4.34 Å². The van der Waals surface area contributed by atoms with Gasteiger partial charge < -0.3 is 74.0 Å². The van der Waals surface area contributed by atoms with Crippen molar-refractivity contribution in [2.24, 2.45) is 0 Å². The molecule has 0 radical (unpaired) electrons. The first-order chi connectivity index (χ1) is 55.7. The van der Waals surface area contributed by atoms with Crippen molar-refractivity contribution in [3.05, 3.63) is 235 Å². The number of hydrogen-bond acceptors (Lipinski definition) is 23. The maximum Gasteiger partial charge on any atom is 0.394 e. The van der Waals surface area contributed by atoms with E-state index in [0.29, 0.717) is 55.3 Å². The first-order valence-electron chi connectivity index (χ1n) is 37.6. The number of aryl methyl sites for hydroxylation is 1. The van der Waals surface area contributed by atoms with Crippen LogP contribution >= 0.6 is 45.8 Å². The number of thiazole rings is 3. The average molecular weight is 1640 g/mol. The third-order valence-corrected chi connectivity index (χ3v) is 24.9. The Bertz CT molecular complexity index is 5080. The maximum atomic E-state index is 12.6. The van der Waals surface area contributed by atoms with Crippen molar-refractivity contribution >= 4 is 116 Å². The largest absolute Gasteiger partial charge is 0.477 e. The van der Waals surface area contributed by atoms with Gasteiger partial charge in [-0.25, -0.2) is 34.1 Å². The number of fused-ring (bicyclic) bond motifs is 1. The lowest BCUT2D eigenvalue weighted by molar-refractivity contribution is -0.118. The second kappa shape index (κ2) is 38.1. The van der Waals surface area contributed by atoms with E-state index in [4.69, 9.17) is 39.1 Å². The number of aromatic nitrogens is 4. The third kappa shape index (κ3) is 20.4. The minimum atomic E-state index is -1.20. The van der Waals surface area contributed by atoms with E-state index in [9.17, 15) is 53.7 Å². The topological polar surface area (TPSA) is 384 Å². The molecule has 598 valence electrons. The van der Waals surface area contributed by atoms with Gasteiger partial charge in [-0.15, -0.1) is 34.0 Å². The van der Waals surface area contributed by atoms with Gasteiger partial charge in [-0.2, -0.15) is 4.98 Å². The van der Waals surface area contributed by atoms with E-state index >= 15 is 0 Å². The number of carbonyl (C=O) groups excluding carboxylic acids is 4. The highest BCUT2D eigenvalue weighted by Crippen LogP contribution is 2.48. The van der Waals surface area contributed by atoms with Crippen LogP contribution in [0.5, 0.6) is 6.08 Å². The van der Waals surface area contributed by atoms with Crippen LogP contribution in [0, 0.1) is 0 Å². The van der Waals surface area contributed by atoms with Crippen LogP contribution in [-0.4, -0.2) is 160 Å². The Morgan fingerprint density at radius 3 is 1.54 bits per heavy atom. The molecule has 115 heavy (non-hydrogen) atoms. The molecule has 4 aromatic heterocycles. The third-order valence-electron chi connectivity index (χ3n) is 20.8. The van der Waals surface area contributed by atoms with Crippen molar-refractivity contribution in [1.29, 1.82) is 0 Å². The van der Waals surface area contributed by atoms with E-state index in [-0.39, 0.29) is 106 Å². The van der Waals surface area contributed by atoms with E-state index in [2.05, 4.69) is 32.1 Å². The summed E-state index contributed by atoms with van der Waals surface area (Å²) in [5.41, 5.74) is 10.2. The number of ether oxygens (including phenoxy) is 3. The quantitative estimate of drug-likeness (QED) is 0.0214. The van der Waals surface area contributed by atoms with Gasteiger partial charge in [0, 0.05) is 78.1 Å². The number of thioether (sulfide) groups is 1. The molecule has 16 rings (SSSR count). The molecule has 6 aliphatic rings. The first kappa shape index (κ1) is 82.1. The lowest BCUT2D eigenvalue weighted by Gasteiger charge is -2.26. The van der Waals surface area contributed by atoms with E-state index in [1.807, 2.05) is 144 Å². The number of hydrogen-bond donors (Lipinski definition) is 7. The Kier molecular flexibility index (Phi) is 27.2. The van der Waals surface area contributed by atoms with Gasteiger partial charge >= 0.3 is 30.0 Å². The van der Waals surface area contributed by atoms with E-state index < -0.39 is 36.1 Å². The van der Waals surface area contributed by atoms with Gasteiger partial charge in [0.25, 0.3) is 0 Å². The van der Waals surface area contributed by atoms with Gasteiger partial charge in [-0.05, 0) is 145 Å². The number of amides is 4. The van der Waals surface area contributed by atoms with Crippen molar-refractivity contribution in [1.82, 2.24) is 19.9 Å². The normalized spacial score (nSPS) is 18.8. The number of aliphatic hydroxyl groups is 3. The van der Waals surface area contributed by atoms with Crippen LogP contribution in [0.15, 0.2) is 185 Å². The van der Waals surface area contributed by atoms with Crippen molar-refractivity contribution in [3.63, 3.8) is 0 Å². The molecule has 2 aliphatic carbocycles. The van der Waals surface area contributed by atoms with Gasteiger partial charge in [0.05, 0.1) is 82.6 Å². The fourth-order valence-corrected chi connectivity index (χ4v) is 18.0. The maximum absolute atomic E-state index is 12.6. The fraction of sp³-hybridized carbons (Fsp3) is 0.333. The Hall–Kier alpha value is -10.9. The molecule has 8 heterocycles. The minimum Gasteiger partial charge on any atom is -0.477 e. The Balaban J connectivity index is 0.000000134. The summed E-state index contributed by atoms with van der Waals surface area (Å²) in [5, 5.41) is 67.3. The number of anilines is 4. The SMILES string of the molecule is O=C(O)c1cnc(COC[C@H]2CCC(=O)N2c2ccc(-c3ccccc3)cc2)s1.O=C(O)c1cnc(COC[C@H]2CCC(=O)N2c2ccc(C3(CO)CC3)cc2)s1.O=C(O)c1cnc(OCC[C@H]2CCC(=O)N2c2ccc3c(c2)CCC3O)o1.O=C(O)c1cnc(SCC[C@H]2CCC(=O)N2c2cccc(C(O)c3ccccc3)c2)s1. The zero-order valence-electron chi connectivity index (χ0n) is 62.3. The molecule has 31 heteroatoms. The van der Waals surface area contributed by atoms with Crippen LogP contribution < -0.4 is 24.3 Å². The number of benzene rings is 6. The highest BCUT2D eigenvalue weighted by Gasteiger charge is 2.44. The van der Waals surface area contributed by atoms with Crippen molar-refractivity contribution in [2.75, 3.05) is 51.8 Å². The lowest BCUT2D eigenvalue weighted by atomic mass is 9.97. The van der Waals surface area contributed by atoms with Crippen molar-refractivity contribution < 1.29 is 92.7 Å². The summed E-state index contributed by atoms with van der Waals surface area (Å²) in [6, 6.07) is 48.8. The number of nitrogens with zero attached hydrogens (tertiary/aromatic N) is 8. The molecule has 4 aliphatic heterocycles. The minimum absolute atomic E-state index is 0.00390. The Labute approximate surface area is 677 Å². The van der Waals surface area contributed by atoms with Crippen LogP contribution in [0.1, 0.15) is 173 Å². The van der Waals surface area contributed by atoms with Crippen LogP contribution in [0.25, 0.3) is 11.1 Å². The van der Waals surface area contributed by atoms with Crippen molar-refractivity contribution in [3.8, 4) is 17.2 Å². The fourth-order valence-electron chi connectivity index (χ4n) is 14.7. The molecule has 7 N–H and O–H groups in total. The summed E-state index contributed by atoms with van der Waals surface area (Å²) in [4.78, 5) is 117. The average Bonchev–Trinajstić information content (AvgIpc) is 1.62. The molecule has 0 spiro atoms. The Morgan fingerprint density at radius 1 is 0.513 bits per heavy atom. The molecule has 6 atom stereocenters. The molecule has 4 saturated heterocycles. The molecule has 4 amide bonds. The van der Waals surface area contributed by atoms with E-state index in [1.54, 1.807) is 14.7 Å². The standard InChI is InChI=1S/C23H22N2O4S2.C22H20N2O4S.C20H22N2O5S.C19H20N2O6/c26-20-10-9-17(11-12-30-23-24-14-19(31-23)22(28)29)25(20)18-8-4-7-16(13-18)21(27)15-5-2-1-3-6-15;25-21-11-10-18(13-28-14-20-23-12-19(29-20)22(26)27)24(21)17-8-6-16(7-9-17)15-4-2-1-3-5-15;23-12-20(7-8-20)13-1-3-14(4-2-13)22-15(5-6-18(22)24)10-27-11-17-21-9-16(28-17)19(25)26;22-15-5-1-11-9-13(2-4-14(11)15)21-12(3-6-17(21)23)7-8-26-19-20-10-16(27-19)18(24)25/h1-8,13-14,17,21,27H,9-12H2,(H,28,29);1-9,12,18H,10-11,13-14H2,(H,26,27);1-4,9,15,23H,5-8,10-12H2,(H,25,26);2,4,9-10,12,15,22H,1,3,5-8H2,(H,24,25)/t17-,21?;18-;15-;12-,15?/m1111/s1. The Morgan fingerprint density at radius 2 is 1.01 bits per heavy atom. The van der Waals surface area contributed by atoms with E-state index in [0.717, 1.165) is 158 Å². The van der Waals surface area contributed by atoms with Crippen LogP contribution in [0.4, 0.5) is 22.7 Å². The predicted octanol–water partition coefficient (Wildman–Crippen LogP) is 13.7. The number of carboxylic acid groups (broad SMARTS) is 4. The van der Waals surface area contributed by atoms with Crippen molar-refractivity contribution in [2.45, 2.75) is 149 Å². The van der Waals surface area contributed by atoms with Crippen LogP contribution in [-0.2, 0) is 53.7 Å². The van der Waals surface area contributed by atoms with Crippen LogP contribution in [0.2, 0.25) is 0 Å². The number of carboxylic acids is 4. The number of rotatable bonds is 29.